The van der Waals surface area contributed by atoms with Gasteiger partial charge in [-0.05, 0) is 58.4 Å². The van der Waals surface area contributed by atoms with Crippen LogP contribution in [0.4, 0.5) is 0 Å². The molecule has 0 aromatic heterocycles. The molecular formula is C32H29N. The Kier molecular flexibility index (Phi) is 6.06. The van der Waals surface area contributed by atoms with Gasteiger partial charge in [0, 0.05) is 6.04 Å². The van der Waals surface area contributed by atoms with E-state index in [-0.39, 0.29) is 6.04 Å². The lowest BCUT2D eigenvalue weighted by Crippen LogP contribution is -2.35. The molecule has 0 radical (unpaired) electrons. The van der Waals surface area contributed by atoms with Gasteiger partial charge in [-0.3, -0.25) is 0 Å². The van der Waals surface area contributed by atoms with Gasteiger partial charge in [0.2, 0.25) is 0 Å². The zero-order valence-electron chi connectivity index (χ0n) is 19.2. The van der Waals surface area contributed by atoms with Crippen LogP contribution in [-0.2, 0) is 0 Å². The molecule has 0 saturated heterocycles. The summed E-state index contributed by atoms with van der Waals surface area (Å²) >= 11 is 0. The zero-order chi connectivity index (χ0) is 22.6. The van der Waals surface area contributed by atoms with Gasteiger partial charge in [-0.15, -0.1) is 0 Å². The largest absolute Gasteiger partial charge is 0.304 e. The summed E-state index contributed by atoms with van der Waals surface area (Å²) in [5.74, 6) is 0. The number of allylic oxidation sites excluding steroid dienone is 2. The number of hydrogen-bond acceptors (Lipinski definition) is 1. The average molecular weight is 428 g/mol. The Labute approximate surface area is 197 Å². The highest BCUT2D eigenvalue weighted by molar-refractivity contribution is 6.29. The van der Waals surface area contributed by atoms with Crippen LogP contribution in [0.3, 0.4) is 0 Å². The van der Waals surface area contributed by atoms with Crippen LogP contribution in [0.1, 0.15) is 36.1 Å². The lowest BCUT2D eigenvalue weighted by atomic mass is 9.89. The summed E-state index contributed by atoms with van der Waals surface area (Å²) < 4.78 is 0. The minimum absolute atomic E-state index is 0.0835. The molecule has 1 N–H and O–H groups in total. The van der Waals surface area contributed by atoms with Gasteiger partial charge in [0.1, 0.15) is 0 Å². The Morgan fingerprint density at radius 2 is 0.758 bits per heavy atom. The van der Waals surface area contributed by atoms with Gasteiger partial charge in [-0.2, -0.15) is 0 Å². The van der Waals surface area contributed by atoms with E-state index in [0.29, 0.717) is 6.04 Å². The van der Waals surface area contributed by atoms with Crippen molar-refractivity contribution < 1.29 is 0 Å². The van der Waals surface area contributed by atoms with Gasteiger partial charge in [-0.1, -0.05) is 121 Å². The van der Waals surface area contributed by atoms with Crippen molar-refractivity contribution in [3.05, 3.63) is 144 Å². The highest BCUT2D eigenvalue weighted by atomic mass is 14.9. The molecule has 1 nitrogen and oxygen atoms in total. The van der Waals surface area contributed by atoms with Crippen molar-refractivity contribution in [1.82, 2.24) is 5.32 Å². The third-order valence-corrected chi connectivity index (χ3v) is 6.16. The van der Waals surface area contributed by atoms with Gasteiger partial charge >= 0.3 is 0 Å². The molecule has 0 aliphatic heterocycles. The van der Waals surface area contributed by atoms with Crippen LogP contribution in [0.2, 0.25) is 0 Å². The van der Waals surface area contributed by atoms with Crippen molar-refractivity contribution in [2.75, 3.05) is 0 Å². The summed E-state index contributed by atoms with van der Waals surface area (Å²) in [6.45, 7) is 4.46. The Hall–Kier alpha value is -3.68. The molecule has 1 heteroatoms. The van der Waals surface area contributed by atoms with E-state index in [9.17, 15) is 0 Å². The second-order valence-corrected chi connectivity index (χ2v) is 8.80. The van der Waals surface area contributed by atoms with E-state index in [1.165, 1.54) is 44.5 Å². The predicted octanol–water partition coefficient (Wildman–Crippen LogP) is 7.59. The summed E-state index contributed by atoms with van der Waals surface area (Å²) in [4.78, 5) is 0. The fourth-order valence-electron chi connectivity index (χ4n) is 4.87. The number of hydrogen-bond donors (Lipinski definition) is 1. The normalized spacial score (nSPS) is 14.4. The number of nitrogens with one attached hydrogen (secondary N) is 1. The number of rotatable bonds is 6. The standard InChI is InChI=1S/C32H29N/c1-23(2)33-32-30(26-19-11-5-12-20-26)28(24-15-7-3-8-16-24)29(25-17-9-4-10-18-25)31(32)27-21-13-6-14-22-27/h3-23,32-33H,1-2H3. The Morgan fingerprint density at radius 1 is 0.455 bits per heavy atom. The SMILES string of the molecule is CC(C)NC1C(c2ccccc2)=C(c2ccccc2)C(c2ccccc2)=C1c1ccccc1. The molecule has 0 fully saturated rings. The van der Waals surface area contributed by atoms with Crippen molar-refractivity contribution in [1.29, 1.82) is 0 Å². The second kappa shape index (κ2) is 9.44. The van der Waals surface area contributed by atoms with Crippen LogP contribution in [0.15, 0.2) is 121 Å². The van der Waals surface area contributed by atoms with Crippen LogP contribution in [-0.4, -0.2) is 12.1 Å². The summed E-state index contributed by atoms with van der Waals surface area (Å²) in [5.41, 5.74) is 10.3. The van der Waals surface area contributed by atoms with Crippen molar-refractivity contribution in [2.45, 2.75) is 25.9 Å². The highest BCUT2D eigenvalue weighted by Crippen LogP contribution is 2.51. The molecule has 0 saturated carbocycles. The van der Waals surface area contributed by atoms with Crippen LogP contribution >= 0.6 is 0 Å². The summed E-state index contributed by atoms with van der Waals surface area (Å²) in [5, 5.41) is 3.92. The Balaban J connectivity index is 1.89. The second-order valence-electron chi connectivity index (χ2n) is 8.80. The van der Waals surface area contributed by atoms with Crippen molar-refractivity contribution in [2.24, 2.45) is 0 Å². The molecule has 4 aromatic carbocycles. The van der Waals surface area contributed by atoms with E-state index < -0.39 is 0 Å². The molecule has 5 rings (SSSR count). The summed E-state index contributed by atoms with van der Waals surface area (Å²) in [6, 6.07) is 43.8. The maximum atomic E-state index is 3.92. The van der Waals surface area contributed by atoms with E-state index >= 15 is 0 Å². The molecule has 162 valence electrons. The molecule has 33 heavy (non-hydrogen) atoms. The monoisotopic (exact) mass is 427 g/mol. The first-order valence-corrected chi connectivity index (χ1v) is 11.7. The Bertz CT molecular complexity index is 1170. The van der Waals surface area contributed by atoms with E-state index in [0.717, 1.165) is 0 Å². The fourth-order valence-corrected chi connectivity index (χ4v) is 4.87. The van der Waals surface area contributed by atoms with Gasteiger partial charge in [0.05, 0.1) is 6.04 Å². The van der Waals surface area contributed by atoms with Crippen LogP contribution in [0.5, 0.6) is 0 Å². The minimum atomic E-state index is 0.0835. The topological polar surface area (TPSA) is 12.0 Å². The predicted molar refractivity (Wildman–Crippen MR) is 141 cm³/mol. The molecule has 1 aliphatic rings. The lowest BCUT2D eigenvalue weighted by molar-refractivity contribution is 0.594. The quantitative estimate of drug-likeness (QED) is 0.334. The first kappa shape index (κ1) is 21.2. The van der Waals surface area contributed by atoms with Gasteiger partial charge in [-0.25, -0.2) is 0 Å². The smallest absolute Gasteiger partial charge is 0.0603 e. The molecule has 0 heterocycles. The molecule has 0 spiro atoms. The van der Waals surface area contributed by atoms with Crippen molar-refractivity contribution >= 4 is 22.3 Å². The third-order valence-electron chi connectivity index (χ3n) is 6.16. The number of benzene rings is 4. The summed E-state index contributed by atoms with van der Waals surface area (Å²) in [6.07, 6.45) is 0. The molecular weight excluding hydrogens is 398 g/mol. The minimum Gasteiger partial charge on any atom is -0.304 e. The zero-order valence-corrected chi connectivity index (χ0v) is 19.2. The van der Waals surface area contributed by atoms with Crippen LogP contribution in [0, 0.1) is 0 Å². The van der Waals surface area contributed by atoms with Crippen molar-refractivity contribution in [3.63, 3.8) is 0 Å². The highest BCUT2D eigenvalue weighted by Gasteiger charge is 2.36. The molecule has 1 aliphatic carbocycles. The average Bonchev–Trinajstić information content (AvgIpc) is 3.20. The maximum absolute atomic E-state index is 3.92. The van der Waals surface area contributed by atoms with E-state index in [1.54, 1.807) is 0 Å². The molecule has 0 amide bonds. The third kappa shape index (κ3) is 4.20. The van der Waals surface area contributed by atoms with Crippen LogP contribution < -0.4 is 5.32 Å². The molecule has 0 bridgehead atoms. The van der Waals surface area contributed by atoms with Gasteiger partial charge in [0.15, 0.2) is 0 Å². The lowest BCUT2D eigenvalue weighted by Gasteiger charge is -2.24. The van der Waals surface area contributed by atoms with Crippen LogP contribution in [0.25, 0.3) is 22.3 Å². The van der Waals surface area contributed by atoms with E-state index in [4.69, 9.17) is 0 Å². The molecule has 0 atom stereocenters. The van der Waals surface area contributed by atoms with Gasteiger partial charge in [0.25, 0.3) is 0 Å². The Morgan fingerprint density at radius 3 is 1.06 bits per heavy atom. The maximum Gasteiger partial charge on any atom is 0.0603 e. The van der Waals surface area contributed by atoms with E-state index in [2.05, 4.69) is 140 Å². The van der Waals surface area contributed by atoms with E-state index in [1.807, 2.05) is 0 Å². The molecule has 4 aromatic rings. The molecule has 0 unspecified atom stereocenters. The fraction of sp³-hybridized carbons (Fsp3) is 0.125. The summed E-state index contributed by atoms with van der Waals surface area (Å²) in [7, 11) is 0. The first-order valence-electron chi connectivity index (χ1n) is 11.7. The first-order chi connectivity index (χ1) is 16.2. The van der Waals surface area contributed by atoms with Gasteiger partial charge < -0.3 is 5.32 Å². The van der Waals surface area contributed by atoms with Crippen molar-refractivity contribution in [3.8, 4) is 0 Å².